The molecule has 0 saturated heterocycles. The summed E-state index contributed by atoms with van der Waals surface area (Å²) in [4.78, 5) is 13.2. The summed E-state index contributed by atoms with van der Waals surface area (Å²) in [5, 5.41) is 0.894. The Hall–Kier alpha value is 0.0700. The molecule has 2 N–H and O–H groups in total. The van der Waals surface area contributed by atoms with E-state index in [0.717, 1.165) is 4.90 Å². The number of thioether (sulfide) groups is 1. The largest absolute Gasteiger partial charge is 0.325 e. The molecule has 1 aromatic rings. The number of rotatable bonds is 1. The summed E-state index contributed by atoms with van der Waals surface area (Å²) in [6.07, 6.45) is 0. The first kappa shape index (κ1) is 16.1. The maximum atomic E-state index is 12.3. The maximum Gasteiger partial charge on any atom is 0.169 e. The highest BCUT2D eigenvalue weighted by atomic mass is 35.5. The molecule has 1 heterocycles. The first-order chi connectivity index (χ1) is 7.80. The number of carbonyl (C=O) groups excluding carboxylic acids is 1. The van der Waals surface area contributed by atoms with Crippen molar-refractivity contribution in [1.29, 1.82) is 0 Å². The fourth-order valence-corrected chi connectivity index (χ4v) is 3.67. The third-order valence-electron chi connectivity index (χ3n) is 2.91. The Morgan fingerprint density at radius 1 is 1.33 bits per heavy atom. The molecule has 1 aromatic carbocycles. The minimum Gasteiger partial charge on any atom is -0.325 e. The molecule has 0 aliphatic carbocycles. The minimum absolute atomic E-state index is 0. The maximum absolute atomic E-state index is 12.3. The summed E-state index contributed by atoms with van der Waals surface area (Å²) in [7, 11) is 0. The average Bonchev–Trinajstić information content (AvgIpc) is 2.19. The number of carbonyl (C=O) groups is 1. The Bertz CT molecular complexity index is 485. The van der Waals surface area contributed by atoms with Crippen molar-refractivity contribution in [2.45, 2.75) is 24.3 Å². The van der Waals surface area contributed by atoms with Gasteiger partial charge in [0, 0.05) is 27.7 Å². The molecule has 1 aliphatic heterocycles. The monoisotopic (exact) mass is 325 g/mol. The van der Waals surface area contributed by atoms with E-state index < -0.39 is 5.54 Å². The molecule has 0 spiro atoms. The van der Waals surface area contributed by atoms with Crippen LogP contribution in [0.1, 0.15) is 24.2 Å². The molecule has 0 fully saturated rings. The van der Waals surface area contributed by atoms with Crippen molar-refractivity contribution in [1.82, 2.24) is 0 Å². The number of benzene rings is 1. The molecule has 0 bridgehead atoms. The number of halogens is 3. The van der Waals surface area contributed by atoms with Gasteiger partial charge in [-0.05, 0) is 26.0 Å². The minimum atomic E-state index is -0.520. The van der Waals surface area contributed by atoms with Gasteiger partial charge >= 0.3 is 0 Å². The summed E-state index contributed by atoms with van der Waals surface area (Å²) < 4.78 is 0. The van der Waals surface area contributed by atoms with E-state index in [9.17, 15) is 4.79 Å². The van der Waals surface area contributed by atoms with E-state index in [4.69, 9.17) is 28.9 Å². The van der Waals surface area contributed by atoms with Crippen molar-refractivity contribution in [2.75, 3.05) is 5.75 Å². The first-order valence-electron chi connectivity index (χ1n) is 5.25. The predicted octanol–water partition coefficient (Wildman–Crippen LogP) is 4.06. The molecule has 1 unspecified atom stereocenters. The number of hydrogen-bond acceptors (Lipinski definition) is 3. The Labute approximate surface area is 127 Å². The van der Waals surface area contributed by atoms with E-state index in [2.05, 4.69) is 0 Å². The zero-order chi connectivity index (χ0) is 12.8. The highest BCUT2D eigenvalue weighted by molar-refractivity contribution is 7.99. The Kier molecular flexibility index (Phi) is 5.01. The Balaban J connectivity index is 0.00000162. The molecular weight excluding hydrogens is 313 g/mol. The van der Waals surface area contributed by atoms with Crippen LogP contribution in [0.4, 0.5) is 0 Å². The summed E-state index contributed by atoms with van der Waals surface area (Å²) in [6, 6.07) is 3.40. The average molecular weight is 327 g/mol. The van der Waals surface area contributed by atoms with Gasteiger partial charge in [0.15, 0.2) is 5.78 Å². The topological polar surface area (TPSA) is 43.1 Å². The van der Waals surface area contributed by atoms with Crippen LogP contribution in [0.2, 0.25) is 10.0 Å². The van der Waals surface area contributed by atoms with Crippen molar-refractivity contribution in [2.24, 2.45) is 11.7 Å². The summed E-state index contributed by atoms with van der Waals surface area (Å²) in [6.45, 7) is 3.75. The van der Waals surface area contributed by atoms with Crippen LogP contribution in [0.15, 0.2) is 17.0 Å². The van der Waals surface area contributed by atoms with Crippen molar-refractivity contribution in [3.8, 4) is 0 Å². The van der Waals surface area contributed by atoms with E-state index >= 15 is 0 Å². The summed E-state index contributed by atoms with van der Waals surface area (Å²) in [5.74, 6) is 0.565. The predicted molar refractivity (Wildman–Crippen MR) is 80.5 cm³/mol. The van der Waals surface area contributed by atoms with Gasteiger partial charge in [0.25, 0.3) is 0 Å². The van der Waals surface area contributed by atoms with E-state index in [0.29, 0.717) is 21.4 Å². The number of hydrogen-bond donors (Lipinski definition) is 1. The second-order valence-electron chi connectivity index (χ2n) is 4.81. The van der Waals surface area contributed by atoms with Gasteiger partial charge in [-0.3, -0.25) is 4.79 Å². The lowest BCUT2D eigenvalue weighted by atomic mass is 9.83. The van der Waals surface area contributed by atoms with Crippen LogP contribution in [0.25, 0.3) is 0 Å². The third kappa shape index (κ3) is 2.97. The van der Waals surface area contributed by atoms with Gasteiger partial charge in [-0.1, -0.05) is 23.2 Å². The molecule has 2 rings (SSSR count). The molecule has 6 heteroatoms. The fourth-order valence-electron chi connectivity index (χ4n) is 1.83. The van der Waals surface area contributed by atoms with Crippen LogP contribution in [0, 0.1) is 5.92 Å². The molecule has 18 heavy (non-hydrogen) atoms. The smallest absolute Gasteiger partial charge is 0.169 e. The second kappa shape index (κ2) is 5.59. The van der Waals surface area contributed by atoms with Gasteiger partial charge in [-0.2, -0.15) is 0 Å². The van der Waals surface area contributed by atoms with Crippen LogP contribution < -0.4 is 5.73 Å². The molecule has 1 aliphatic rings. The molecule has 100 valence electrons. The summed E-state index contributed by atoms with van der Waals surface area (Å²) in [5.41, 5.74) is 6.15. The molecule has 2 nitrogen and oxygen atoms in total. The van der Waals surface area contributed by atoms with Crippen molar-refractivity contribution < 1.29 is 4.79 Å². The lowest BCUT2D eigenvalue weighted by Crippen LogP contribution is -2.47. The van der Waals surface area contributed by atoms with E-state index in [-0.39, 0.29) is 24.1 Å². The molecule has 0 amide bonds. The van der Waals surface area contributed by atoms with Crippen molar-refractivity contribution >= 4 is 53.2 Å². The van der Waals surface area contributed by atoms with Crippen LogP contribution in [0.3, 0.4) is 0 Å². The molecule has 0 radical (unpaired) electrons. The van der Waals surface area contributed by atoms with Crippen molar-refractivity contribution in [3.05, 3.63) is 27.7 Å². The van der Waals surface area contributed by atoms with E-state index in [1.54, 1.807) is 23.9 Å². The Morgan fingerprint density at radius 3 is 2.44 bits per heavy atom. The highest BCUT2D eigenvalue weighted by Gasteiger charge is 2.37. The van der Waals surface area contributed by atoms with E-state index in [1.807, 2.05) is 13.8 Å². The molecule has 1 atom stereocenters. The van der Waals surface area contributed by atoms with Gasteiger partial charge in [0.1, 0.15) is 0 Å². The normalized spacial score (nSPS) is 19.2. The lowest BCUT2D eigenvalue weighted by molar-refractivity contribution is 0.0881. The number of Topliss-reactive ketones (excluding diaryl/α,β-unsaturated/α-hetero) is 1. The van der Waals surface area contributed by atoms with Crippen LogP contribution in [-0.4, -0.2) is 17.1 Å². The van der Waals surface area contributed by atoms with Gasteiger partial charge < -0.3 is 5.73 Å². The highest BCUT2D eigenvalue weighted by Crippen LogP contribution is 2.40. The van der Waals surface area contributed by atoms with Gasteiger partial charge in [0.2, 0.25) is 0 Å². The van der Waals surface area contributed by atoms with Crippen LogP contribution in [-0.2, 0) is 0 Å². The number of fused-ring (bicyclic) bond motifs is 1. The third-order valence-corrected chi connectivity index (χ3v) is 4.78. The fraction of sp³-hybridized carbons (Fsp3) is 0.417. The van der Waals surface area contributed by atoms with Crippen LogP contribution >= 0.6 is 47.4 Å². The van der Waals surface area contributed by atoms with Gasteiger partial charge in [-0.15, -0.1) is 24.2 Å². The van der Waals surface area contributed by atoms with Gasteiger partial charge in [-0.25, -0.2) is 0 Å². The van der Waals surface area contributed by atoms with E-state index in [1.165, 1.54) is 0 Å². The first-order valence-corrected chi connectivity index (χ1v) is 7.00. The van der Waals surface area contributed by atoms with Crippen LogP contribution in [0.5, 0.6) is 0 Å². The lowest BCUT2D eigenvalue weighted by Gasteiger charge is -2.33. The number of nitrogens with two attached hydrogens (primary N) is 1. The molecule has 0 saturated carbocycles. The summed E-state index contributed by atoms with van der Waals surface area (Å²) >= 11 is 13.5. The number of ketones is 1. The second-order valence-corrected chi connectivity index (χ2v) is 6.69. The quantitative estimate of drug-likeness (QED) is 0.846. The zero-order valence-corrected chi connectivity index (χ0v) is 13.1. The molecule has 0 aromatic heterocycles. The molecular formula is C12H14Cl3NOS. The SMILES string of the molecule is CC(C)(N)C1CSc2cc(Cl)c(Cl)cc2C1=O.Cl. The standard InChI is InChI=1S/C12H13Cl2NOS.ClH/c1-12(2,15)7-5-17-10-4-9(14)8(13)3-6(10)11(7)16;/h3-4,7H,5,15H2,1-2H3;1H. The zero-order valence-electron chi connectivity index (χ0n) is 10.00. The van der Waals surface area contributed by atoms with Crippen molar-refractivity contribution in [3.63, 3.8) is 0 Å². The van der Waals surface area contributed by atoms with Gasteiger partial charge in [0.05, 0.1) is 10.0 Å². The Morgan fingerprint density at radius 2 is 1.89 bits per heavy atom.